The number of anilines is 1. The Balaban J connectivity index is 1.65. The number of imidazole rings is 1. The number of aromatic nitrogens is 2. The van der Waals surface area contributed by atoms with Crippen molar-refractivity contribution in [1.29, 1.82) is 0 Å². The lowest BCUT2D eigenvalue weighted by Gasteiger charge is -2.34. The van der Waals surface area contributed by atoms with Crippen LogP contribution in [-0.2, 0) is 22.4 Å². The zero-order chi connectivity index (χ0) is 24.5. The Labute approximate surface area is 205 Å². The number of benzene rings is 2. The highest BCUT2D eigenvalue weighted by atomic mass is 16.5. The van der Waals surface area contributed by atoms with E-state index in [1.54, 1.807) is 4.90 Å². The number of carboxylic acid groups (broad SMARTS) is 1. The van der Waals surface area contributed by atoms with Gasteiger partial charge in [-0.15, -0.1) is 0 Å². The van der Waals surface area contributed by atoms with Crippen LogP contribution in [0.15, 0.2) is 42.5 Å². The Morgan fingerprint density at radius 1 is 1.09 bits per heavy atom. The van der Waals surface area contributed by atoms with Crippen molar-refractivity contribution >= 4 is 28.8 Å². The number of hydrogen-bond acceptors (Lipinski definition) is 4. The average Bonchev–Trinajstić information content (AvgIpc) is 3.26. The maximum absolute atomic E-state index is 12.6. The summed E-state index contributed by atoms with van der Waals surface area (Å²) in [6, 6.07) is 13.9. The number of carbonyl (C=O) groups excluding carboxylic acids is 1. The Bertz CT molecular complexity index is 1230. The van der Waals surface area contributed by atoms with Crippen LogP contribution in [0.4, 0.5) is 10.5 Å². The molecule has 2 aromatic carbocycles. The largest absolute Gasteiger partial charge is 0.481 e. The van der Waals surface area contributed by atoms with E-state index in [0.717, 1.165) is 59.4 Å². The van der Waals surface area contributed by atoms with Crippen LogP contribution in [0.25, 0.3) is 11.0 Å². The Morgan fingerprint density at radius 3 is 2.51 bits per heavy atom. The molecule has 7 nitrogen and oxygen atoms in total. The average molecular weight is 476 g/mol. The predicted molar refractivity (Wildman–Crippen MR) is 135 cm³/mol. The molecule has 1 fully saturated rings. The molecule has 1 saturated carbocycles. The van der Waals surface area contributed by atoms with Gasteiger partial charge in [-0.05, 0) is 50.3 Å². The molecule has 1 N–H and O–H groups in total. The van der Waals surface area contributed by atoms with Crippen molar-refractivity contribution in [3.05, 3.63) is 59.4 Å². The number of aryl methyl sites for hydroxylation is 1. The van der Waals surface area contributed by atoms with Gasteiger partial charge in [-0.2, -0.15) is 0 Å². The van der Waals surface area contributed by atoms with Gasteiger partial charge >= 0.3 is 12.1 Å². The molecular weight excluding hydrogens is 442 g/mol. The fraction of sp³-hybridized carbons (Fsp3) is 0.464. The third kappa shape index (κ3) is 4.28. The minimum absolute atomic E-state index is 0.0433. The highest BCUT2D eigenvalue weighted by Crippen LogP contribution is 2.40. The summed E-state index contributed by atoms with van der Waals surface area (Å²) >= 11 is 0. The smallest absolute Gasteiger partial charge is 0.414 e. The van der Waals surface area contributed by atoms with E-state index >= 15 is 0 Å². The summed E-state index contributed by atoms with van der Waals surface area (Å²) in [5.74, 6) is -0.691. The molecule has 2 atom stereocenters. The van der Waals surface area contributed by atoms with Crippen LogP contribution in [-0.4, -0.2) is 39.9 Å². The van der Waals surface area contributed by atoms with E-state index in [4.69, 9.17) is 9.72 Å². The van der Waals surface area contributed by atoms with Gasteiger partial charge in [-0.25, -0.2) is 9.78 Å². The first-order valence-corrected chi connectivity index (χ1v) is 12.7. The van der Waals surface area contributed by atoms with Gasteiger partial charge in [0, 0.05) is 24.1 Å². The monoisotopic (exact) mass is 475 g/mol. The van der Waals surface area contributed by atoms with Crippen LogP contribution < -0.4 is 4.90 Å². The predicted octanol–water partition coefficient (Wildman–Crippen LogP) is 5.86. The van der Waals surface area contributed by atoms with Gasteiger partial charge in [-0.1, -0.05) is 49.6 Å². The molecule has 184 valence electrons. The third-order valence-electron chi connectivity index (χ3n) is 7.73. The lowest BCUT2D eigenvalue weighted by atomic mass is 9.93. The number of ether oxygens (including phenoxy) is 1. The van der Waals surface area contributed by atoms with Crippen molar-refractivity contribution < 1.29 is 19.4 Å². The van der Waals surface area contributed by atoms with Gasteiger partial charge in [0.2, 0.25) is 0 Å². The van der Waals surface area contributed by atoms with E-state index in [9.17, 15) is 14.7 Å². The van der Waals surface area contributed by atoms with Crippen molar-refractivity contribution in [1.82, 2.24) is 9.55 Å². The van der Waals surface area contributed by atoms with Crippen molar-refractivity contribution in [2.24, 2.45) is 0 Å². The summed E-state index contributed by atoms with van der Waals surface area (Å²) in [6.07, 6.45) is 7.34. The van der Waals surface area contributed by atoms with E-state index in [1.165, 1.54) is 26.4 Å². The molecule has 5 rings (SSSR count). The molecule has 2 heterocycles. The van der Waals surface area contributed by atoms with Crippen molar-refractivity contribution in [3.8, 4) is 0 Å². The second-order valence-corrected chi connectivity index (χ2v) is 9.85. The number of hydrogen-bond donors (Lipinski definition) is 1. The van der Waals surface area contributed by atoms with Gasteiger partial charge in [0.1, 0.15) is 5.82 Å². The fourth-order valence-electron chi connectivity index (χ4n) is 5.93. The number of carbonyl (C=O) groups is 2. The quantitative estimate of drug-likeness (QED) is 0.500. The minimum Gasteiger partial charge on any atom is -0.481 e. The number of rotatable bonds is 5. The van der Waals surface area contributed by atoms with E-state index in [0.29, 0.717) is 12.5 Å². The number of amides is 1. The number of methoxy groups -OCH3 is 1. The summed E-state index contributed by atoms with van der Waals surface area (Å²) in [4.78, 5) is 31.8. The molecule has 0 saturated heterocycles. The molecule has 0 radical (unpaired) electrons. The normalized spacial score (nSPS) is 19.4. The summed E-state index contributed by atoms with van der Waals surface area (Å²) < 4.78 is 7.39. The Kier molecular flexibility index (Phi) is 6.50. The standard InChI is InChI=1S/C28H33N3O4/c1-18-13-14-21-23(30(18)28(34)35-2)15-16-24-26(21)29-25(31(24)20-11-7-4-8-12-20)17-22(27(32)33)19-9-5-3-6-10-19/h3,5-6,9-10,15-16,18,20,22H,4,7-8,11-14,17H2,1-2H3,(H,32,33)/t18-,22?/m0/s1. The number of fused-ring (bicyclic) bond motifs is 3. The molecule has 3 aromatic rings. The number of nitrogens with zero attached hydrogens (tertiary/aromatic N) is 3. The molecule has 1 aliphatic heterocycles. The van der Waals surface area contributed by atoms with Crippen LogP contribution in [0.3, 0.4) is 0 Å². The first-order valence-electron chi connectivity index (χ1n) is 12.7. The number of carboxylic acids is 1. The minimum atomic E-state index is -0.842. The maximum atomic E-state index is 12.6. The van der Waals surface area contributed by atoms with Crippen LogP contribution in [0, 0.1) is 0 Å². The van der Waals surface area contributed by atoms with Crippen LogP contribution >= 0.6 is 0 Å². The highest BCUT2D eigenvalue weighted by molar-refractivity contribution is 5.95. The van der Waals surface area contributed by atoms with Gasteiger partial charge in [0.25, 0.3) is 0 Å². The Hall–Kier alpha value is -3.35. The summed E-state index contributed by atoms with van der Waals surface area (Å²) in [5, 5.41) is 10.1. The van der Waals surface area contributed by atoms with Crippen LogP contribution in [0.1, 0.15) is 74.4 Å². The molecule has 1 amide bonds. The second-order valence-electron chi connectivity index (χ2n) is 9.85. The highest BCUT2D eigenvalue weighted by Gasteiger charge is 2.33. The zero-order valence-electron chi connectivity index (χ0n) is 20.4. The Morgan fingerprint density at radius 2 is 1.83 bits per heavy atom. The lowest BCUT2D eigenvalue weighted by Crippen LogP contribution is -2.42. The fourth-order valence-corrected chi connectivity index (χ4v) is 5.93. The molecule has 0 bridgehead atoms. The molecule has 0 spiro atoms. The first kappa shape index (κ1) is 23.4. The molecule has 1 unspecified atom stereocenters. The topological polar surface area (TPSA) is 84.7 Å². The van der Waals surface area contributed by atoms with Crippen LogP contribution in [0.5, 0.6) is 0 Å². The lowest BCUT2D eigenvalue weighted by molar-refractivity contribution is -0.138. The van der Waals surface area contributed by atoms with Gasteiger partial charge in [-0.3, -0.25) is 9.69 Å². The second kappa shape index (κ2) is 9.72. The molecule has 1 aromatic heterocycles. The van der Waals surface area contributed by atoms with Crippen molar-refractivity contribution in [2.75, 3.05) is 12.0 Å². The number of aliphatic carboxylic acids is 1. The summed E-state index contributed by atoms with van der Waals surface area (Å²) in [5.41, 5.74) is 4.62. The molecule has 1 aliphatic carbocycles. The van der Waals surface area contributed by atoms with E-state index in [2.05, 4.69) is 10.6 Å². The molecular formula is C28H33N3O4. The third-order valence-corrected chi connectivity index (χ3v) is 7.73. The van der Waals surface area contributed by atoms with Crippen LogP contribution in [0.2, 0.25) is 0 Å². The van der Waals surface area contributed by atoms with Gasteiger partial charge < -0.3 is 14.4 Å². The van der Waals surface area contributed by atoms with E-state index in [1.807, 2.05) is 43.3 Å². The maximum Gasteiger partial charge on any atom is 0.414 e. The van der Waals surface area contributed by atoms with Crippen molar-refractivity contribution in [3.63, 3.8) is 0 Å². The zero-order valence-corrected chi connectivity index (χ0v) is 20.4. The van der Waals surface area contributed by atoms with Crippen molar-refractivity contribution in [2.45, 2.75) is 76.3 Å². The summed E-state index contributed by atoms with van der Waals surface area (Å²) in [7, 11) is 1.41. The first-order chi connectivity index (χ1) is 17.0. The molecule has 35 heavy (non-hydrogen) atoms. The SMILES string of the molecule is COC(=O)N1c2ccc3c(nc(CC(C(=O)O)c4ccccc4)n3C3CCCCC3)c2CC[C@@H]1C. The van der Waals surface area contributed by atoms with Gasteiger partial charge in [0.15, 0.2) is 0 Å². The van der Waals surface area contributed by atoms with Gasteiger partial charge in [0.05, 0.1) is 29.7 Å². The molecule has 2 aliphatic rings. The molecule has 7 heteroatoms. The summed E-state index contributed by atoms with van der Waals surface area (Å²) in [6.45, 7) is 2.04. The van der Waals surface area contributed by atoms with E-state index in [-0.39, 0.29) is 12.1 Å². The van der Waals surface area contributed by atoms with E-state index < -0.39 is 11.9 Å².